The zero-order valence-corrected chi connectivity index (χ0v) is 17.2. The number of esters is 1. The van der Waals surface area contributed by atoms with Gasteiger partial charge in [-0.3, -0.25) is 4.79 Å². The Morgan fingerprint density at radius 3 is 2.18 bits per heavy atom. The van der Waals surface area contributed by atoms with Crippen LogP contribution in [0.2, 0.25) is 0 Å². The van der Waals surface area contributed by atoms with Gasteiger partial charge < -0.3 is 10.1 Å². The molecule has 0 saturated carbocycles. The summed E-state index contributed by atoms with van der Waals surface area (Å²) in [5.41, 5.74) is 2.51. The van der Waals surface area contributed by atoms with E-state index in [9.17, 15) is 18.0 Å². The molecule has 0 aliphatic rings. The van der Waals surface area contributed by atoms with Gasteiger partial charge in [0.15, 0.2) is 15.9 Å². The van der Waals surface area contributed by atoms with Gasteiger partial charge in [-0.05, 0) is 42.2 Å². The third-order valence-corrected chi connectivity index (χ3v) is 4.97. The van der Waals surface area contributed by atoms with Crippen molar-refractivity contribution < 1.29 is 22.7 Å². The van der Waals surface area contributed by atoms with Crippen LogP contribution in [0.4, 0.5) is 5.69 Å². The summed E-state index contributed by atoms with van der Waals surface area (Å²) in [6.07, 6.45) is 0.163. The number of nitrogens with one attached hydrogen (secondary N) is 1. The summed E-state index contributed by atoms with van der Waals surface area (Å²) >= 11 is 0. The first kappa shape index (κ1) is 21.6. The number of carbonyl (C=O) groups is 2. The monoisotopic (exact) mass is 403 g/mol. The molecular formula is C21H25NO5S. The van der Waals surface area contributed by atoms with E-state index >= 15 is 0 Å². The molecule has 7 heteroatoms. The summed E-state index contributed by atoms with van der Waals surface area (Å²) in [4.78, 5) is 24.7. The van der Waals surface area contributed by atoms with Crippen molar-refractivity contribution in [2.45, 2.75) is 38.5 Å². The van der Waals surface area contributed by atoms with Crippen molar-refractivity contribution in [3.8, 4) is 0 Å². The minimum atomic E-state index is -3.15. The SMILES string of the molecule is CC(C)c1ccccc1NC(=O)[C@@H](C)OC(=O)c1ccc(CS(C)(=O)=O)cc1. The maximum Gasteiger partial charge on any atom is 0.338 e. The molecule has 0 aliphatic heterocycles. The van der Waals surface area contributed by atoms with Crippen molar-refractivity contribution >= 4 is 27.4 Å². The van der Waals surface area contributed by atoms with Gasteiger partial charge in [-0.2, -0.15) is 0 Å². The number of hydrogen-bond acceptors (Lipinski definition) is 5. The molecular weight excluding hydrogens is 378 g/mol. The van der Waals surface area contributed by atoms with E-state index in [1.54, 1.807) is 12.1 Å². The predicted molar refractivity (Wildman–Crippen MR) is 109 cm³/mol. The Labute approximate surface area is 165 Å². The van der Waals surface area contributed by atoms with E-state index in [1.807, 2.05) is 38.1 Å². The Hall–Kier alpha value is -2.67. The second-order valence-electron chi connectivity index (χ2n) is 7.05. The van der Waals surface area contributed by atoms with E-state index in [-0.39, 0.29) is 17.2 Å². The maximum atomic E-state index is 12.4. The Kier molecular flexibility index (Phi) is 6.96. The van der Waals surface area contributed by atoms with Crippen molar-refractivity contribution in [3.05, 3.63) is 65.2 Å². The highest BCUT2D eigenvalue weighted by Gasteiger charge is 2.20. The summed E-state index contributed by atoms with van der Waals surface area (Å²) in [5.74, 6) is -0.934. The number of sulfone groups is 1. The van der Waals surface area contributed by atoms with Gasteiger partial charge in [-0.25, -0.2) is 13.2 Å². The molecule has 1 N–H and O–H groups in total. The van der Waals surface area contributed by atoms with E-state index in [0.717, 1.165) is 11.8 Å². The van der Waals surface area contributed by atoms with Crippen LogP contribution >= 0.6 is 0 Å². The van der Waals surface area contributed by atoms with Crippen LogP contribution < -0.4 is 5.32 Å². The van der Waals surface area contributed by atoms with Crippen LogP contribution in [0.15, 0.2) is 48.5 Å². The van der Waals surface area contributed by atoms with Gasteiger partial charge >= 0.3 is 5.97 Å². The highest BCUT2D eigenvalue weighted by molar-refractivity contribution is 7.89. The van der Waals surface area contributed by atoms with Crippen LogP contribution in [-0.2, 0) is 25.1 Å². The van der Waals surface area contributed by atoms with Gasteiger partial charge in [0.25, 0.3) is 5.91 Å². The lowest BCUT2D eigenvalue weighted by Crippen LogP contribution is -2.30. The summed E-state index contributed by atoms with van der Waals surface area (Å²) in [6.45, 7) is 5.56. The summed E-state index contributed by atoms with van der Waals surface area (Å²) in [7, 11) is -3.15. The standard InChI is InChI=1S/C21H25NO5S/c1-14(2)18-7-5-6-8-19(18)22-20(23)15(3)27-21(24)17-11-9-16(10-12-17)13-28(4,25)26/h5-12,14-15H,13H2,1-4H3,(H,22,23)/t15-/m1/s1. The molecule has 0 bridgehead atoms. The summed E-state index contributed by atoms with van der Waals surface area (Å²) in [5, 5.41) is 2.80. The third kappa shape index (κ3) is 6.20. The Morgan fingerprint density at radius 1 is 1.00 bits per heavy atom. The quantitative estimate of drug-likeness (QED) is 0.714. The molecule has 0 aliphatic carbocycles. The lowest BCUT2D eigenvalue weighted by atomic mass is 10.0. The lowest BCUT2D eigenvalue weighted by Gasteiger charge is -2.17. The lowest BCUT2D eigenvalue weighted by molar-refractivity contribution is -0.123. The maximum absolute atomic E-state index is 12.4. The molecule has 0 fully saturated rings. The Bertz CT molecular complexity index is 949. The molecule has 28 heavy (non-hydrogen) atoms. The minimum absolute atomic E-state index is 0.101. The van der Waals surface area contributed by atoms with Crippen LogP contribution in [0.3, 0.4) is 0 Å². The number of anilines is 1. The first-order valence-corrected chi connectivity index (χ1v) is 11.0. The number of ether oxygens (including phenoxy) is 1. The van der Waals surface area contributed by atoms with Gasteiger partial charge in [-0.15, -0.1) is 0 Å². The molecule has 150 valence electrons. The number of rotatable bonds is 7. The van der Waals surface area contributed by atoms with Crippen LogP contribution in [0.5, 0.6) is 0 Å². The number of amides is 1. The van der Waals surface area contributed by atoms with Crippen LogP contribution in [0, 0.1) is 0 Å². The Morgan fingerprint density at radius 2 is 1.61 bits per heavy atom. The van der Waals surface area contributed by atoms with Crippen LogP contribution in [-0.4, -0.2) is 32.7 Å². The van der Waals surface area contributed by atoms with E-state index in [0.29, 0.717) is 11.3 Å². The van der Waals surface area contributed by atoms with E-state index in [2.05, 4.69) is 5.32 Å². The third-order valence-electron chi connectivity index (χ3n) is 4.11. The van der Waals surface area contributed by atoms with Crippen molar-refractivity contribution in [2.75, 3.05) is 11.6 Å². The second kappa shape index (κ2) is 9.01. The zero-order chi connectivity index (χ0) is 20.9. The molecule has 0 spiro atoms. The van der Waals surface area contributed by atoms with Crippen molar-refractivity contribution in [1.82, 2.24) is 0 Å². The number of benzene rings is 2. The molecule has 0 aromatic heterocycles. The topological polar surface area (TPSA) is 89.5 Å². The molecule has 2 rings (SSSR count). The molecule has 0 unspecified atom stereocenters. The van der Waals surface area contributed by atoms with Crippen molar-refractivity contribution in [3.63, 3.8) is 0 Å². The second-order valence-corrected chi connectivity index (χ2v) is 9.19. The van der Waals surface area contributed by atoms with Crippen LogP contribution in [0.1, 0.15) is 48.2 Å². The fourth-order valence-corrected chi connectivity index (χ4v) is 3.47. The fourth-order valence-electron chi connectivity index (χ4n) is 2.67. The number of para-hydroxylation sites is 1. The molecule has 0 heterocycles. The van der Waals surface area contributed by atoms with E-state index in [1.165, 1.54) is 19.1 Å². The van der Waals surface area contributed by atoms with Crippen molar-refractivity contribution in [1.29, 1.82) is 0 Å². The average molecular weight is 404 g/mol. The van der Waals surface area contributed by atoms with Gasteiger partial charge in [0.2, 0.25) is 0 Å². The smallest absolute Gasteiger partial charge is 0.338 e. The average Bonchev–Trinajstić information content (AvgIpc) is 2.61. The molecule has 0 saturated heterocycles. The number of hydrogen-bond donors (Lipinski definition) is 1. The van der Waals surface area contributed by atoms with Gasteiger partial charge in [0.1, 0.15) is 0 Å². The predicted octanol–water partition coefficient (Wildman–Crippen LogP) is 3.54. The first-order valence-electron chi connectivity index (χ1n) is 8.94. The zero-order valence-electron chi connectivity index (χ0n) is 16.4. The largest absolute Gasteiger partial charge is 0.449 e. The van der Waals surface area contributed by atoms with Gasteiger partial charge in [0.05, 0.1) is 11.3 Å². The molecule has 1 amide bonds. The molecule has 6 nitrogen and oxygen atoms in total. The Balaban J connectivity index is 2.01. The molecule has 2 aromatic rings. The van der Waals surface area contributed by atoms with Gasteiger partial charge in [0, 0.05) is 11.9 Å². The van der Waals surface area contributed by atoms with E-state index < -0.39 is 27.8 Å². The molecule has 1 atom stereocenters. The summed E-state index contributed by atoms with van der Waals surface area (Å²) in [6, 6.07) is 13.6. The van der Waals surface area contributed by atoms with Crippen molar-refractivity contribution in [2.24, 2.45) is 0 Å². The summed E-state index contributed by atoms with van der Waals surface area (Å²) < 4.78 is 27.9. The molecule has 0 radical (unpaired) electrons. The highest BCUT2D eigenvalue weighted by Crippen LogP contribution is 2.24. The normalized spacial score (nSPS) is 12.5. The fraction of sp³-hybridized carbons (Fsp3) is 0.333. The van der Waals surface area contributed by atoms with E-state index in [4.69, 9.17) is 4.74 Å². The van der Waals surface area contributed by atoms with Crippen LogP contribution in [0.25, 0.3) is 0 Å². The molecule has 2 aromatic carbocycles. The van der Waals surface area contributed by atoms with Gasteiger partial charge in [-0.1, -0.05) is 44.2 Å². The number of carbonyl (C=O) groups excluding carboxylic acids is 2. The first-order chi connectivity index (χ1) is 13.1. The highest BCUT2D eigenvalue weighted by atomic mass is 32.2. The minimum Gasteiger partial charge on any atom is -0.449 e.